The van der Waals surface area contributed by atoms with Gasteiger partial charge in [0, 0.05) is 9.50 Å². The second-order valence-electron chi connectivity index (χ2n) is 6.55. The molecule has 1 fully saturated rings. The Hall–Kier alpha value is -2.62. The fourth-order valence-corrected chi connectivity index (χ4v) is 4.00. The number of ether oxygens (including phenoxy) is 3. The minimum atomic E-state index is -0.534. The summed E-state index contributed by atoms with van der Waals surface area (Å²) in [6.45, 7) is 2.08. The molecular formula is C22H20BrClN2O5S. The van der Waals surface area contributed by atoms with Crippen LogP contribution in [0, 0.1) is 0 Å². The summed E-state index contributed by atoms with van der Waals surface area (Å²) in [5, 5.41) is 0.683. The zero-order chi connectivity index (χ0) is 23.4. The molecule has 7 nitrogen and oxygen atoms in total. The van der Waals surface area contributed by atoms with E-state index in [1.165, 1.54) is 16.9 Å². The SMILES string of the molecule is CCOc1cc(/C=C2/C(=O)N(c3ccc(Cl)cc3)C(=S)N2CC(=O)OC)c(Br)cc1OC. The summed E-state index contributed by atoms with van der Waals surface area (Å²) in [6.07, 6.45) is 1.64. The number of nitrogens with zero attached hydrogens (tertiary/aromatic N) is 2. The molecule has 0 unspecified atom stereocenters. The van der Waals surface area contributed by atoms with Gasteiger partial charge in [-0.25, -0.2) is 0 Å². The molecule has 168 valence electrons. The van der Waals surface area contributed by atoms with Crippen LogP contribution in [-0.2, 0) is 14.3 Å². The van der Waals surface area contributed by atoms with Gasteiger partial charge in [0.25, 0.3) is 5.91 Å². The average Bonchev–Trinajstić information content (AvgIpc) is 3.00. The summed E-state index contributed by atoms with van der Waals surface area (Å²) in [5.41, 5.74) is 1.39. The van der Waals surface area contributed by atoms with Crippen molar-refractivity contribution in [3.63, 3.8) is 0 Å². The number of esters is 1. The van der Waals surface area contributed by atoms with Gasteiger partial charge in [-0.15, -0.1) is 0 Å². The van der Waals surface area contributed by atoms with Crippen LogP contribution in [0.25, 0.3) is 6.08 Å². The topological polar surface area (TPSA) is 68.3 Å². The second-order valence-corrected chi connectivity index (χ2v) is 8.20. The van der Waals surface area contributed by atoms with Crippen molar-refractivity contribution in [3.8, 4) is 11.5 Å². The number of amides is 1. The molecule has 3 rings (SSSR count). The van der Waals surface area contributed by atoms with Crippen LogP contribution >= 0.6 is 39.7 Å². The molecular weight excluding hydrogens is 520 g/mol. The lowest BCUT2D eigenvalue weighted by Crippen LogP contribution is -2.35. The van der Waals surface area contributed by atoms with Gasteiger partial charge in [-0.05, 0) is 67.2 Å². The van der Waals surface area contributed by atoms with Crippen molar-refractivity contribution in [3.05, 3.63) is 57.2 Å². The van der Waals surface area contributed by atoms with Gasteiger partial charge in [-0.1, -0.05) is 27.5 Å². The molecule has 1 aliphatic heterocycles. The molecule has 0 saturated carbocycles. The van der Waals surface area contributed by atoms with Gasteiger partial charge >= 0.3 is 5.97 Å². The van der Waals surface area contributed by atoms with E-state index in [-0.39, 0.29) is 23.3 Å². The second kappa shape index (κ2) is 10.3. The van der Waals surface area contributed by atoms with Crippen LogP contribution in [0.5, 0.6) is 11.5 Å². The summed E-state index contributed by atoms with van der Waals surface area (Å²) in [4.78, 5) is 28.2. The molecule has 0 spiro atoms. The van der Waals surface area contributed by atoms with E-state index < -0.39 is 5.97 Å². The van der Waals surface area contributed by atoms with Gasteiger partial charge in [-0.3, -0.25) is 14.5 Å². The van der Waals surface area contributed by atoms with E-state index in [0.717, 1.165) is 0 Å². The quantitative estimate of drug-likeness (QED) is 0.288. The third kappa shape index (κ3) is 4.90. The number of hydrogen-bond donors (Lipinski definition) is 0. The molecule has 2 aromatic rings. The first-order valence-electron chi connectivity index (χ1n) is 9.51. The highest BCUT2D eigenvalue weighted by Gasteiger charge is 2.40. The molecule has 1 amide bonds. The number of carbonyl (C=O) groups is 2. The third-order valence-electron chi connectivity index (χ3n) is 4.61. The summed E-state index contributed by atoms with van der Waals surface area (Å²) in [7, 11) is 2.82. The third-order valence-corrected chi connectivity index (χ3v) is 5.95. The van der Waals surface area contributed by atoms with Crippen LogP contribution in [0.2, 0.25) is 5.02 Å². The molecule has 10 heteroatoms. The number of halogens is 2. The largest absolute Gasteiger partial charge is 0.493 e. The lowest BCUT2D eigenvalue weighted by atomic mass is 10.1. The lowest BCUT2D eigenvalue weighted by Gasteiger charge is -2.19. The summed E-state index contributed by atoms with van der Waals surface area (Å²) >= 11 is 15.0. The Morgan fingerprint density at radius 2 is 1.88 bits per heavy atom. The molecule has 0 aromatic heterocycles. The van der Waals surface area contributed by atoms with Gasteiger partial charge in [0.1, 0.15) is 12.2 Å². The number of rotatable bonds is 7. The first-order chi connectivity index (χ1) is 15.3. The molecule has 0 atom stereocenters. The Morgan fingerprint density at radius 3 is 2.47 bits per heavy atom. The van der Waals surface area contributed by atoms with Crippen LogP contribution in [0.15, 0.2) is 46.6 Å². The minimum Gasteiger partial charge on any atom is -0.493 e. The monoisotopic (exact) mass is 538 g/mol. The highest BCUT2D eigenvalue weighted by Crippen LogP contribution is 2.36. The van der Waals surface area contributed by atoms with E-state index in [1.54, 1.807) is 49.6 Å². The zero-order valence-corrected chi connectivity index (χ0v) is 20.7. The van der Waals surface area contributed by atoms with Crippen molar-refractivity contribution in [1.29, 1.82) is 0 Å². The van der Waals surface area contributed by atoms with Crippen LogP contribution in [0.4, 0.5) is 5.69 Å². The maximum Gasteiger partial charge on any atom is 0.325 e. The standard InChI is InChI=1S/C22H20BrClN2O5S/c1-4-31-19-10-13(16(23)11-18(19)29-2)9-17-21(28)26(15-7-5-14(24)6-8-15)22(32)25(17)12-20(27)30-3/h5-11H,4,12H2,1-3H3/b17-9-. The number of carbonyl (C=O) groups excluding carboxylic acids is 2. The molecule has 0 N–H and O–H groups in total. The van der Waals surface area contributed by atoms with E-state index in [2.05, 4.69) is 15.9 Å². The molecule has 2 aromatic carbocycles. The number of thiocarbonyl (C=S) groups is 1. The van der Waals surface area contributed by atoms with Gasteiger partial charge in [0.15, 0.2) is 16.6 Å². The normalized spacial score (nSPS) is 14.8. The molecule has 0 bridgehead atoms. The maximum atomic E-state index is 13.4. The zero-order valence-electron chi connectivity index (χ0n) is 17.6. The molecule has 0 radical (unpaired) electrons. The lowest BCUT2D eigenvalue weighted by molar-refractivity contribution is -0.140. The van der Waals surface area contributed by atoms with E-state index in [0.29, 0.717) is 38.9 Å². The fourth-order valence-electron chi connectivity index (χ4n) is 3.08. The summed E-state index contributed by atoms with van der Waals surface area (Å²) < 4.78 is 16.5. The van der Waals surface area contributed by atoms with Crippen LogP contribution < -0.4 is 14.4 Å². The van der Waals surface area contributed by atoms with Crippen LogP contribution in [0.1, 0.15) is 12.5 Å². The van der Waals surface area contributed by atoms with Crippen molar-refractivity contribution >= 4 is 68.5 Å². The van der Waals surface area contributed by atoms with Crippen molar-refractivity contribution in [2.45, 2.75) is 6.92 Å². The van der Waals surface area contributed by atoms with E-state index in [1.807, 2.05) is 6.92 Å². The van der Waals surface area contributed by atoms with Crippen molar-refractivity contribution < 1.29 is 23.8 Å². The Morgan fingerprint density at radius 1 is 1.19 bits per heavy atom. The number of anilines is 1. The molecule has 1 aliphatic rings. The number of hydrogen-bond acceptors (Lipinski definition) is 6. The summed E-state index contributed by atoms with van der Waals surface area (Å²) in [6, 6.07) is 10.2. The van der Waals surface area contributed by atoms with Crippen molar-refractivity contribution in [1.82, 2.24) is 4.90 Å². The highest BCUT2D eigenvalue weighted by molar-refractivity contribution is 9.10. The van der Waals surface area contributed by atoms with Crippen molar-refractivity contribution in [2.24, 2.45) is 0 Å². The van der Waals surface area contributed by atoms with E-state index in [9.17, 15) is 9.59 Å². The van der Waals surface area contributed by atoms with Crippen molar-refractivity contribution in [2.75, 3.05) is 32.3 Å². The Balaban J connectivity index is 2.10. The van der Waals surface area contributed by atoms with Gasteiger partial charge < -0.3 is 19.1 Å². The predicted molar refractivity (Wildman–Crippen MR) is 130 cm³/mol. The minimum absolute atomic E-state index is 0.156. The highest BCUT2D eigenvalue weighted by atomic mass is 79.9. The number of benzene rings is 2. The Bertz CT molecular complexity index is 1090. The van der Waals surface area contributed by atoms with Gasteiger partial charge in [-0.2, -0.15) is 0 Å². The first-order valence-corrected chi connectivity index (χ1v) is 11.1. The predicted octanol–water partition coefficient (Wildman–Crippen LogP) is 4.66. The molecule has 32 heavy (non-hydrogen) atoms. The van der Waals surface area contributed by atoms with Crippen LogP contribution in [-0.4, -0.2) is 49.3 Å². The van der Waals surface area contributed by atoms with Gasteiger partial charge in [0.05, 0.1) is 26.5 Å². The smallest absolute Gasteiger partial charge is 0.325 e. The fraction of sp³-hybridized carbons (Fsp3) is 0.227. The average molecular weight is 540 g/mol. The number of methoxy groups -OCH3 is 2. The molecule has 1 saturated heterocycles. The Kier molecular flexibility index (Phi) is 7.76. The first kappa shape index (κ1) is 24.0. The molecule has 0 aliphatic carbocycles. The van der Waals surface area contributed by atoms with Crippen LogP contribution in [0.3, 0.4) is 0 Å². The van der Waals surface area contributed by atoms with E-state index >= 15 is 0 Å². The Labute approximate surface area is 204 Å². The maximum absolute atomic E-state index is 13.4. The van der Waals surface area contributed by atoms with Gasteiger partial charge in [0.2, 0.25) is 0 Å². The van der Waals surface area contributed by atoms with E-state index in [4.69, 9.17) is 38.0 Å². The summed E-state index contributed by atoms with van der Waals surface area (Å²) in [5.74, 6) is 0.144. The molecule has 1 heterocycles.